The van der Waals surface area contributed by atoms with Crippen LogP contribution in [0.3, 0.4) is 0 Å². The molecule has 29 heavy (non-hydrogen) atoms. The molecule has 0 fully saturated rings. The number of nitrogens with zero attached hydrogens (tertiary/aromatic N) is 3. The molecular formula is C22H25N5O2. The topological polar surface area (TPSA) is 75.1 Å². The minimum Gasteiger partial charge on any atom is -0.348 e. The number of fused-ring (bicyclic) bond motifs is 2. The van der Waals surface area contributed by atoms with Crippen molar-refractivity contribution in [1.82, 2.24) is 24.3 Å². The molecule has 0 saturated carbocycles. The van der Waals surface area contributed by atoms with E-state index in [1.54, 1.807) is 25.2 Å². The molecule has 2 heterocycles. The standard InChI is InChI=1S/C22H25N5O2/c1-25(2)10-11-27-9-8-16-5-4-15(12-20(16)27)14-23-21(28)17-6-7-19-18(13-17)24-22(29)26(19)3/h4-9,12-13H,10-11,14H2,1-3H3,(H,23,28)(H,24,29). The van der Waals surface area contributed by atoms with Crippen LogP contribution in [-0.4, -0.2) is 45.6 Å². The van der Waals surface area contributed by atoms with E-state index in [0.29, 0.717) is 17.6 Å². The fraction of sp³-hybridized carbons (Fsp3) is 0.273. The van der Waals surface area contributed by atoms with Crippen LogP contribution in [-0.2, 0) is 20.1 Å². The fourth-order valence-electron chi connectivity index (χ4n) is 3.50. The highest BCUT2D eigenvalue weighted by Gasteiger charge is 2.10. The van der Waals surface area contributed by atoms with Crippen LogP contribution in [0, 0.1) is 0 Å². The number of nitrogens with one attached hydrogen (secondary N) is 2. The Morgan fingerprint density at radius 3 is 2.72 bits per heavy atom. The third kappa shape index (κ3) is 3.82. The van der Waals surface area contributed by atoms with Gasteiger partial charge in [0.1, 0.15) is 0 Å². The summed E-state index contributed by atoms with van der Waals surface area (Å²) in [6.45, 7) is 2.33. The molecule has 150 valence electrons. The lowest BCUT2D eigenvalue weighted by molar-refractivity contribution is 0.0951. The first-order valence-electron chi connectivity index (χ1n) is 9.62. The minimum absolute atomic E-state index is 0.167. The molecule has 0 atom stereocenters. The molecule has 0 bridgehead atoms. The van der Waals surface area contributed by atoms with Gasteiger partial charge in [-0.15, -0.1) is 0 Å². The van der Waals surface area contributed by atoms with Crippen molar-refractivity contribution in [1.29, 1.82) is 0 Å². The van der Waals surface area contributed by atoms with Crippen molar-refractivity contribution in [3.63, 3.8) is 0 Å². The Morgan fingerprint density at radius 1 is 1.10 bits per heavy atom. The Labute approximate surface area is 168 Å². The molecule has 1 amide bonds. The second-order valence-corrected chi connectivity index (χ2v) is 7.61. The van der Waals surface area contributed by atoms with Gasteiger partial charge in [-0.25, -0.2) is 4.79 Å². The molecular weight excluding hydrogens is 366 g/mol. The van der Waals surface area contributed by atoms with Crippen molar-refractivity contribution in [2.45, 2.75) is 13.1 Å². The molecule has 0 unspecified atom stereocenters. The van der Waals surface area contributed by atoms with Gasteiger partial charge in [-0.1, -0.05) is 12.1 Å². The average molecular weight is 391 g/mol. The number of benzene rings is 2. The van der Waals surface area contributed by atoms with E-state index in [-0.39, 0.29) is 11.6 Å². The summed E-state index contributed by atoms with van der Waals surface area (Å²) in [5, 5.41) is 4.16. The maximum Gasteiger partial charge on any atom is 0.326 e. The number of hydrogen-bond acceptors (Lipinski definition) is 3. The predicted molar refractivity (Wildman–Crippen MR) is 115 cm³/mol. The van der Waals surface area contributed by atoms with Crippen molar-refractivity contribution in [3.05, 3.63) is 70.3 Å². The summed E-state index contributed by atoms with van der Waals surface area (Å²) in [5.74, 6) is -0.167. The summed E-state index contributed by atoms with van der Waals surface area (Å²) in [7, 11) is 5.83. The average Bonchev–Trinajstić information content (AvgIpc) is 3.24. The van der Waals surface area contributed by atoms with Gasteiger partial charge in [-0.2, -0.15) is 0 Å². The maximum atomic E-state index is 12.6. The maximum absolute atomic E-state index is 12.6. The van der Waals surface area contributed by atoms with Crippen molar-refractivity contribution < 1.29 is 4.79 Å². The molecule has 0 aliphatic heterocycles. The van der Waals surface area contributed by atoms with Gasteiger partial charge >= 0.3 is 5.69 Å². The largest absolute Gasteiger partial charge is 0.348 e. The molecule has 4 aromatic rings. The highest BCUT2D eigenvalue weighted by atomic mass is 16.2. The number of amides is 1. The second kappa shape index (κ2) is 7.60. The summed E-state index contributed by atoms with van der Waals surface area (Å²) in [6.07, 6.45) is 2.10. The third-order valence-electron chi connectivity index (χ3n) is 5.25. The van der Waals surface area contributed by atoms with E-state index in [1.807, 2.05) is 6.07 Å². The van der Waals surface area contributed by atoms with Gasteiger partial charge in [0, 0.05) is 44.0 Å². The third-order valence-corrected chi connectivity index (χ3v) is 5.25. The van der Waals surface area contributed by atoms with E-state index < -0.39 is 0 Å². The Bertz CT molecular complexity index is 1250. The van der Waals surface area contributed by atoms with Crippen LogP contribution < -0.4 is 11.0 Å². The van der Waals surface area contributed by atoms with Crippen molar-refractivity contribution in [2.24, 2.45) is 7.05 Å². The van der Waals surface area contributed by atoms with Gasteiger partial charge in [0.15, 0.2) is 0 Å². The summed E-state index contributed by atoms with van der Waals surface area (Å²) >= 11 is 0. The SMILES string of the molecule is CN(C)CCn1ccc2ccc(CNC(=O)c3ccc4c(c3)[nH]c(=O)n4C)cc21. The summed E-state index contributed by atoms with van der Waals surface area (Å²) in [6, 6.07) is 13.6. The Morgan fingerprint density at radius 2 is 1.93 bits per heavy atom. The Kier molecular flexibility index (Phi) is 4.98. The predicted octanol–water partition coefficient (Wildman–Crippen LogP) is 2.31. The zero-order valence-corrected chi connectivity index (χ0v) is 16.9. The Hall–Kier alpha value is -3.32. The second-order valence-electron chi connectivity index (χ2n) is 7.61. The molecule has 0 saturated heterocycles. The van der Waals surface area contributed by atoms with E-state index >= 15 is 0 Å². The molecule has 7 nitrogen and oxygen atoms in total. The van der Waals surface area contributed by atoms with Gasteiger partial charge in [0.05, 0.1) is 11.0 Å². The summed E-state index contributed by atoms with van der Waals surface area (Å²) < 4.78 is 3.76. The molecule has 0 aliphatic rings. The quantitative estimate of drug-likeness (QED) is 0.530. The van der Waals surface area contributed by atoms with Crippen LogP contribution in [0.25, 0.3) is 21.9 Å². The van der Waals surface area contributed by atoms with Gasteiger partial charge in [-0.05, 0) is 55.4 Å². The van der Waals surface area contributed by atoms with Crippen LogP contribution in [0.4, 0.5) is 0 Å². The minimum atomic E-state index is -0.192. The van der Waals surface area contributed by atoms with Crippen LogP contribution in [0.2, 0.25) is 0 Å². The lowest BCUT2D eigenvalue weighted by atomic mass is 10.1. The molecule has 2 N–H and O–H groups in total. The first kappa shape index (κ1) is 19.0. The number of aryl methyl sites for hydroxylation is 1. The van der Waals surface area contributed by atoms with Gasteiger partial charge in [-0.3, -0.25) is 9.36 Å². The number of imidazole rings is 1. The van der Waals surface area contributed by atoms with Gasteiger partial charge in [0.25, 0.3) is 5.91 Å². The zero-order chi connectivity index (χ0) is 20.5. The van der Waals surface area contributed by atoms with Crippen LogP contribution in [0.15, 0.2) is 53.5 Å². The van der Waals surface area contributed by atoms with Crippen molar-refractivity contribution in [2.75, 3.05) is 20.6 Å². The van der Waals surface area contributed by atoms with Crippen molar-refractivity contribution >= 4 is 27.8 Å². The van der Waals surface area contributed by atoms with E-state index in [4.69, 9.17) is 0 Å². The summed E-state index contributed by atoms with van der Waals surface area (Å²) in [5.41, 5.74) is 3.98. The van der Waals surface area contributed by atoms with Crippen molar-refractivity contribution in [3.8, 4) is 0 Å². The zero-order valence-electron chi connectivity index (χ0n) is 16.9. The van der Waals surface area contributed by atoms with Crippen LogP contribution in [0.5, 0.6) is 0 Å². The fourth-order valence-corrected chi connectivity index (χ4v) is 3.50. The van der Waals surface area contributed by atoms with Crippen LogP contribution >= 0.6 is 0 Å². The first-order chi connectivity index (χ1) is 13.9. The van der Waals surface area contributed by atoms with Crippen LogP contribution in [0.1, 0.15) is 15.9 Å². The monoisotopic (exact) mass is 391 g/mol. The number of likely N-dealkylation sites (N-methyl/N-ethyl adjacent to an activating group) is 1. The number of H-pyrrole nitrogens is 1. The molecule has 7 heteroatoms. The summed E-state index contributed by atoms with van der Waals surface area (Å²) in [4.78, 5) is 29.2. The molecule has 4 rings (SSSR count). The van der Waals surface area contributed by atoms with E-state index in [0.717, 1.165) is 24.2 Å². The number of aromatic amines is 1. The molecule has 0 spiro atoms. The van der Waals surface area contributed by atoms with E-state index in [2.05, 4.69) is 58.3 Å². The number of carbonyl (C=O) groups excluding carboxylic acids is 1. The molecule has 2 aromatic carbocycles. The lowest BCUT2D eigenvalue weighted by Gasteiger charge is -2.12. The Balaban J connectivity index is 1.49. The number of carbonyl (C=O) groups is 1. The number of hydrogen-bond donors (Lipinski definition) is 2. The first-order valence-corrected chi connectivity index (χ1v) is 9.62. The number of rotatable bonds is 6. The molecule has 2 aromatic heterocycles. The smallest absolute Gasteiger partial charge is 0.326 e. The van der Waals surface area contributed by atoms with E-state index in [1.165, 1.54) is 15.5 Å². The van der Waals surface area contributed by atoms with E-state index in [9.17, 15) is 9.59 Å². The normalized spacial score (nSPS) is 11.6. The lowest BCUT2D eigenvalue weighted by Crippen LogP contribution is -2.22. The molecule has 0 aliphatic carbocycles. The molecule has 0 radical (unpaired) electrons. The highest BCUT2D eigenvalue weighted by Crippen LogP contribution is 2.18. The van der Waals surface area contributed by atoms with Gasteiger partial charge < -0.3 is 19.8 Å². The highest BCUT2D eigenvalue weighted by molar-refractivity contribution is 5.97. The van der Waals surface area contributed by atoms with Gasteiger partial charge in [0.2, 0.25) is 0 Å². The number of aromatic nitrogens is 3.